The Morgan fingerprint density at radius 2 is 1.68 bits per heavy atom. The summed E-state index contributed by atoms with van der Waals surface area (Å²) in [6.07, 6.45) is 48.0. The number of hydrogen-bond donors (Lipinski definition) is 0. The van der Waals surface area contributed by atoms with Gasteiger partial charge in [-0.05, 0) is 199 Å². The molecule has 9 atom stereocenters. The van der Waals surface area contributed by atoms with Gasteiger partial charge in [-0.3, -0.25) is 0 Å². The maximum Gasteiger partial charge on any atom is 0.0373 e. The lowest BCUT2D eigenvalue weighted by molar-refractivity contribution is 0.127. The van der Waals surface area contributed by atoms with Gasteiger partial charge in [0.25, 0.3) is 0 Å². The van der Waals surface area contributed by atoms with Crippen LogP contribution in [0.15, 0.2) is 139 Å². The number of benzene rings is 2. The van der Waals surface area contributed by atoms with Crippen LogP contribution in [0.25, 0.3) is 5.57 Å². The molecule has 8 aliphatic carbocycles. The Hall–Kier alpha value is -4.10. The highest BCUT2D eigenvalue weighted by atomic mass is 15.2. The zero-order valence-corrected chi connectivity index (χ0v) is 39.0. The maximum atomic E-state index is 4.23. The standard InChI is InChI=1S/C61H75N/c1-8-41-18-16-24-48(34-41)62(47-22-14-11-15-23-47)49-28-32-53-52-31-27-46(38-57(52)60(5,6)58(53)39-49)45-26-30-51-50-29-25-43(36-55(50)59(3,4)56(51)37-45)35-54(44-20-12-10-13-21-44)61(7)33-17-19-42(9-2)40-61/h8-10,12,17,22,24-27,29-31,33-34,36-38,42,44,49,51,53-54,56,58H,1-2,11,13-16,18-21,23,28,32,35,39-40H2,3-7H3. The van der Waals surface area contributed by atoms with Gasteiger partial charge in [0.2, 0.25) is 0 Å². The van der Waals surface area contributed by atoms with E-state index in [0.717, 1.165) is 31.6 Å². The summed E-state index contributed by atoms with van der Waals surface area (Å²) in [6, 6.07) is 15.9. The maximum absolute atomic E-state index is 4.23. The number of nitrogens with zero attached hydrogens (tertiary/aromatic N) is 1. The third-order valence-electron chi connectivity index (χ3n) is 18.2. The Morgan fingerprint density at radius 3 is 2.47 bits per heavy atom. The lowest BCUT2D eigenvalue weighted by Crippen LogP contribution is -2.42. The Morgan fingerprint density at radius 1 is 0.823 bits per heavy atom. The molecule has 1 heteroatoms. The summed E-state index contributed by atoms with van der Waals surface area (Å²) in [5, 5.41) is 0. The van der Waals surface area contributed by atoms with E-state index in [9.17, 15) is 0 Å². The molecule has 1 fully saturated rings. The summed E-state index contributed by atoms with van der Waals surface area (Å²) in [5.41, 5.74) is 15.6. The van der Waals surface area contributed by atoms with E-state index < -0.39 is 0 Å². The molecule has 0 saturated heterocycles. The quantitative estimate of drug-likeness (QED) is 0.216. The molecule has 0 heterocycles. The molecule has 62 heavy (non-hydrogen) atoms. The molecule has 0 N–H and O–H groups in total. The molecule has 1 saturated carbocycles. The van der Waals surface area contributed by atoms with Gasteiger partial charge >= 0.3 is 0 Å². The smallest absolute Gasteiger partial charge is 0.0373 e. The van der Waals surface area contributed by atoms with Crippen molar-refractivity contribution in [1.29, 1.82) is 0 Å². The molecule has 324 valence electrons. The lowest BCUT2D eigenvalue weighted by Gasteiger charge is -2.46. The number of hydrogen-bond acceptors (Lipinski definition) is 1. The van der Waals surface area contributed by atoms with E-state index in [1.165, 1.54) is 98.6 Å². The highest BCUT2D eigenvalue weighted by Gasteiger charge is 2.51. The van der Waals surface area contributed by atoms with Crippen LogP contribution in [0.3, 0.4) is 0 Å². The first-order valence-electron chi connectivity index (χ1n) is 25.1. The van der Waals surface area contributed by atoms with Crippen LogP contribution in [0.5, 0.6) is 0 Å². The predicted octanol–water partition coefficient (Wildman–Crippen LogP) is 16.1. The monoisotopic (exact) mass is 822 g/mol. The van der Waals surface area contributed by atoms with E-state index in [-0.39, 0.29) is 16.2 Å². The van der Waals surface area contributed by atoms with Crippen molar-refractivity contribution in [2.24, 2.45) is 35.0 Å². The second kappa shape index (κ2) is 16.5. The summed E-state index contributed by atoms with van der Waals surface area (Å²) in [4.78, 5) is 2.82. The van der Waals surface area contributed by atoms with Crippen molar-refractivity contribution < 1.29 is 0 Å². The molecule has 0 aromatic heterocycles. The summed E-state index contributed by atoms with van der Waals surface area (Å²) < 4.78 is 0. The molecule has 2 aromatic carbocycles. The van der Waals surface area contributed by atoms with Crippen molar-refractivity contribution in [3.8, 4) is 0 Å². The molecule has 0 bridgehead atoms. The van der Waals surface area contributed by atoms with Gasteiger partial charge in [-0.1, -0.05) is 144 Å². The van der Waals surface area contributed by atoms with E-state index in [0.29, 0.717) is 41.5 Å². The fourth-order valence-corrected chi connectivity index (χ4v) is 14.7. The molecular formula is C61H75N. The van der Waals surface area contributed by atoms with Crippen LogP contribution in [0, 0.1) is 35.0 Å². The van der Waals surface area contributed by atoms with Gasteiger partial charge in [-0.15, -0.1) is 6.58 Å². The van der Waals surface area contributed by atoms with Crippen LogP contribution in [-0.2, 0) is 17.3 Å². The molecular weight excluding hydrogens is 747 g/mol. The minimum Gasteiger partial charge on any atom is -0.343 e. The van der Waals surface area contributed by atoms with Crippen molar-refractivity contribution in [1.82, 2.24) is 4.90 Å². The normalized spacial score (nSPS) is 33.1. The first kappa shape index (κ1) is 41.9. The molecule has 1 nitrogen and oxygen atoms in total. The zero-order valence-electron chi connectivity index (χ0n) is 39.0. The lowest BCUT2D eigenvalue weighted by atomic mass is 9.60. The first-order chi connectivity index (χ1) is 30.0. The minimum atomic E-state index is 0.0622. The van der Waals surface area contributed by atoms with Crippen LogP contribution >= 0.6 is 0 Å². The third kappa shape index (κ3) is 7.30. The number of rotatable bonds is 10. The van der Waals surface area contributed by atoms with Crippen LogP contribution in [-0.4, -0.2) is 10.9 Å². The Balaban J connectivity index is 0.901. The van der Waals surface area contributed by atoms with Gasteiger partial charge in [0.15, 0.2) is 0 Å². The Kier molecular flexibility index (Phi) is 11.1. The average molecular weight is 822 g/mol. The fourth-order valence-electron chi connectivity index (χ4n) is 14.7. The van der Waals surface area contributed by atoms with Gasteiger partial charge in [0, 0.05) is 23.4 Å². The number of fused-ring (bicyclic) bond motifs is 6. The van der Waals surface area contributed by atoms with Crippen molar-refractivity contribution in [2.45, 2.75) is 160 Å². The van der Waals surface area contributed by atoms with Crippen molar-refractivity contribution in [3.63, 3.8) is 0 Å². The SMILES string of the molecule is C=CC1=CC(N(C2=CCCCC2)C2CCC3c4ccc(C5=CC6C(C=C5)c5ccc(CC(C7CC=CCC7)C7(C)C=CCC(C=C)C7)cc5C6(C)C)cc4C(C)(C)C3C2)=CCC1. The van der Waals surface area contributed by atoms with Crippen molar-refractivity contribution in [3.05, 3.63) is 173 Å². The fraction of sp³-hybridized carbons (Fsp3) is 0.508. The summed E-state index contributed by atoms with van der Waals surface area (Å²) in [5.74, 6) is 4.14. The Labute approximate surface area is 376 Å². The minimum absolute atomic E-state index is 0.0622. The van der Waals surface area contributed by atoms with E-state index >= 15 is 0 Å². The second-order valence-corrected chi connectivity index (χ2v) is 22.5. The zero-order chi connectivity index (χ0) is 42.8. The molecule has 8 aliphatic rings. The summed E-state index contributed by atoms with van der Waals surface area (Å²) in [7, 11) is 0. The van der Waals surface area contributed by atoms with Crippen LogP contribution < -0.4 is 0 Å². The van der Waals surface area contributed by atoms with Gasteiger partial charge in [0.1, 0.15) is 0 Å². The van der Waals surface area contributed by atoms with Crippen LogP contribution in [0.4, 0.5) is 0 Å². The summed E-state index contributed by atoms with van der Waals surface area (Å²) in [6.45, 7) is 21.2. The predicted molar refractivity (Wildman–Crippen MR) is 264 cm³/mol. The van der Waals surface area contributed by atoms with E-state index in [4.69, 9.17) is 0 Å². The first-order valence-corrected chi connectivity index (χ1v) is 25.1. The third-order valence-corrected chi connectivity index (χ3v) is 18.2. The van der Waals surface area contributed by atoms with Crippen LogP contribution in [0.2, 0.25) is 0 Å². The number of allylic oxidation sites excluding steroid dienone is 15. The molecule has 0 amide bonds. The largest absolute Gasteiger partial charge is 0.343 e. The van der Waals surface area contributed by atoms with E-state index in [2.05, 4.69) is 162 Å². The van der Waals surface area contributed by atoms with E-state index in [1.807, 2.05) is 0 Å². The molecule has 10 rings (SSSR count). The molecule has 0 aliphatic heterocycles. The highest BCUT2D eigenvalue weighted by molar-refractivity contribution is 5.78. The van der Waals surface area contributed by atoms with Gasteiger partial charge < -0.3 is 4.90 Å². The Bertz CT molecular complexity index is 2310. The second-order valence-electron chi connectivity index (χ2n) is 22.5. The highest BCUT2D eigenvalue weighted by Crippen LogP contribution is 2.59. The summed E-state index contributed by atoms with van der Waals surface area (Å²) >= 11 is 0. The van der Waals surface area contributed by atoms with Crippen molar-refractivity contribution in [2.75, 3.05) is 0 Å². The average Bonchev–Trinajstić information content (AvgIpc) is 3.66. The van der Waals surface area contributed by atoms with Crippen molar-refractivity contribution >= 4 is 5.57 Å². The van der Waals surface area contributed by atoms with Crippen LogP contribution in [0.1, 0.15) is 170 Å². The van der Waals surface area contributed by atoms with Gasteiger partial charge in [-0.2, -0.15) is 0 Å². The molecule has 0 radical (unpaired) electrons. The van der Waals surface area contributed by atoms with Gasteiger partial charge in [-0.25, -0.2) is 0 Å². The molecule has 9 unspecified atom stereocenters. The molecule has 0 spiro atoms. The molecule has 2 aromatic rings. The van der Waals surface area contributed by atoms with E-state index in [1.54, 1.807) is 28.0 Å². The van der Waals surface area contributed by atoms with Gasteiger partial charge in [0.05, 0.1) is 0 Å². The topological polar surface area (TPSA) is 3.24 Å².